The smallest absolute Gasteiger partial charge is 0.279 e. The maximum Gasteiger partial charge on any atom is 0.279 e. The Balaban J connectivity index is 1.60. The van der Waals surface area contributed by atoms with Gasteiger partial charge in [0.1, 0.15) is 11.8 Å². The van der Waals surface area contributed by atoms with Gasteiger partial charge in [-0.15, -0.1) is 0 Å². The number of amides is 2. The van der Waals surface area contributed by atoms with Crippen LogP contribution in [0.3, 0.4) is 0 Å². The van der Waals surface area contributed by atoms with Crippen LogP contribution in [-0.4, -0.2) is 25.0 Å². The molecule has 156 valence electrons. The molecule has 0 fully saturated rings. The molecule has 3 aromatic rings. The first-order chi connectivity index (χ1) is 14.6. The molecule has 7 heteroatoms. The molecule has 2 aromatic carbocycles. The van der Waals surface area contributed by atoms with Gasteiger partial charge in [-0.3, -0.25) is 9.59 Å². The summed E-state index contributed by atoms with van der Waals surface area (Å²) in [5.41, 5.74) is 1.49. The number of carbonyl (C=O) groups is 2. The van der Waals surface area contributed by atoms with Crippen molar-refractivity contribution in [2.75, 3.05) is 23.8 Å². The summed E-state index contributed by atoms with van der Waals surface area (Å²) in [4.78, 5) is 25.1. The van der Waals surface area contributed by atoms with Crippen LogP contribution < -0.4 is 20.7 Å². The molecule has 0 aliphatic heterocycles. The zero-order chi connectivity index (χ0) is 21.3. The molecule has 0 aliphatic carbocycles. The third kappa shape index (κ3) is 5.71. The van der Waals surface area contributed by atoms with Gasteiger partial charge in [-0.25, -0.2) is 0 Å². The van der Waals surface area contributed by atoms with E-state index < -0.39 is 0 Å². The SMILES string of the molecule is CCOc1ccc(NC(=O)c2ccccc2NC(=O)C[NH2+][C@H](C)c2ccco2)cc1. The van der Waals surface area contributed by atoms with E-state index >= 15 is 0 Å². The number of hydrogen-bond donors (Lipinski definition) is 3. The molecular formula is C23H26N3O4+. The summed E-state index contributed by atoms with van der Waals surface area (Å²) in [5.74, 6) is 1.04. The number of hydrogen-bond acceptors (Lipinski definition) is 4. The van der Waals surface area contributed by atoms with Crippen LogP contribution in [0.5, 0.6) is 5.75 Å². The lowest BCUT2D eigenvalue weighted by molar-refractivity contribution is -0.684. The van der Waals surface area contributed by atoms with E-state index in [1.54, 1.807) is 54.8 Å². The van der Waals surface area contributed by atoms with Crippen molar-refractivity contribution < 1.29 is 24.1 Å². The molecule has 0 spiro atoms. The van der Waals surface area contributed by atoms with Gasteiger partial charge < -0.3 is 25.1 Å². The number of quaternary nitrogens is 1. The first kappa shape index (κ1) is 21.1. The minimum Gasteiger partial charge on any atom is -0.494 e. The molecule has 30 heavy (non-hydrogen) atoms. The lowest BCUT2D eigenvalue weighted by Gasteiger charge is -2.12. The van der Waals surface area contributed by atoms with Crippen molar-refractivity contribution in [1.82, 2.24) is 0 Å². The van der Waals surface area contributed by atoms with Crippen molar-refractivity contribution in [1.29, 1.82) is 0 Å². The number of nitrogens with two attached hydrogens (primary N) is 1. The quantitative estimate of drug-likeness (QED) is 0.507. The Morgan fingerprint density at radius 2 is 1.80 bits per heavy atom. The van der Waals surface area contributed by atoms with Gasteiger partial charge in [-0.05, 0) is 62.4 Å². The number of anilines is 2. The van der Waals surface area contributed by atoms with E-state index in [1.165, 1.54) is 0 Å². The highest BCUT2D eigenvalue weighted by molar-refractivity contribution is 6.10. The van der Waals surface area contributed by atoms with Gasteiger partial charge in [0.25, 0.3) is 11.8 Å². The van der Waals surface area contributed by atoms with Crippen molar-refractivity contribution in [2.24, 2.45) is 0 Å². The highest BCUT2D eigenvalue weighted by atomic mass is 16.5. The van der Waals surface area contributed by atoms with E-state index in [1.807, 2.05) is 31.3 Å². The molecule has 0 saturated carbocycles. The molecule has 1 atom stereocenters. The fraction of sp³-hybridized carbons (Fsp3) is 0.217. The van der Waals surface area contributed by atoms with Crippen LogP contribution in [0.25, 0.3) is 0 Å². The van der Waals surface area contributed by atoms with Crippen molar-refractivity contribution in [2.45, 2.75) is 19.9 Å². The lowest BCUT2D eigenvalue weighted by atomic mass is 10.1. The van der Waals surface area contributed by atoms with Crippen LogP contribution in [-0.2, 0) is 4.79 Å². The standard InChI is InChI=1S/C23H25N3O4/c1-3-29-18-12-10-17(11-13-18)25-23(28)19-7-4-5-8-20(19)26-22(27)15-24-16(2)21-9-6-14-30-21/h4-14,16,24H,3,15H2,1-2H3,(H,25,28)(H,26,27)/p+1/t16-/m1/s1. The van der Waals surface area contributed by atoms with Crippen LogP contribution in [0, 0.1) is 0 Å². The molecule has 3 rings (SSSR count). The average Bonchev–Trinajstić information content (AvgIpc) is 3.29. The van der Waals surface area contributed by atoms with Crippen molar-refractivity contribution in [3.8, 4) is 5.75 Å². The first-order valence-electron chi connectivity index (χ1n) is 9.86. The summed E-state index contributed by atoms with van der Waals surface area (Å²) in [7, 11) is 0. The molecule has 0 saturated heterocycles. The number of nitrogens with one attached hydrogen (secondary N) is 2. The monoisotopic (exact) mass is 408 g/mol. The van der Waals surface area contributed by atoms with Crippen LogP contribution in [0.4, 0.5) is 11.4 Å². The fourth-order valence-electron chi connectivity index (χ4n) is 2.94. The van der Waals surface area contributed by atoms with Gasteiger partial charge in [0.15, 0.2) is 12.3 Å². The second-order valence-corrected chi connectivity index (χ2v) is 6.75. The number of ether oxygens (including phenoxy) is 1. The summed E-state index contributed by atoms with van der Waals surface area (Å²) in [6.45, 7) is 4.66. The summed E-state index contributed by atoms with van der Waals surface area (Å²) in [6.07, 6.45) is 1.61. The topological polar surface area (TPSA) is 97.2 Å². The zero-order valence-corrected chi connectivity index (χ0v) is 17.1. The van der Waals surface area contributed by atoms with E-state index in [2.05, 4.69) is 10.6 Å². The van der Waals surface area contributed by atoms with Gasteiger partial charge in [-0.2, -0.15) is 0 Å². The minimum absolute atomic E-state index is 0.0175. The normalized spacial score (nSPS) is 11.5. The zero-order valence-electron chi connectivity index (χ0n) is 17.1. The lowest BCUT2D eigenvalue weighted by Crippen LogP contribution is -2.86. The summed E-state index contributed by atoms with van der Waals surface area (Å²) < 4.78 is 10.8. The highest BCUT2D eigenvalue weighted by Crippen LogP contribution is 2.19. The number of rotatable bonds is 9. The Labute approximate surface area is 175 Å². The number of furan rings is 1. The molecule has 1 heterocycles. The maximum atomic E-state index is 12.7. The molecule has 7 nitrogen and oxygen atoms in total. The van der Waals surface area contributed by atoms with E-state index in [9.17, 15) is 9.59 Å². The second-order valence-electron chi connectivity index (χ2n) is 6.75. The summed E-state index contributed by atoms with van der Waals surface area (Å²) in [6, 6.07) is 17.8. The first-order valence-corrected chi connectivity index (χ1v) is 9.86. The van der Waals surface area contributed by atoms with Crippen molar-refractivity contribution >= 4 is 23.2 Å². The third-order valence-corrected chi connectivity index (χ3v) is 4.52. The van der Waals surface area contributed by atoms with Gasteiger partial charge >= 0.3 is 0 Å². The number of carbonyl (C=O) groups excluding carboxylic acids is 2. The van der Waals surface area contributed by atoms with Gasteiger partial charge in [-0.1, -0.05) is 12.1 Å². The van der Waals surface area contributed by atoms with Crippen LogP contribution in [0.2, 0.25) is 0 Å². The molecular weight excluding hydrogens is 382 g/mol. The van der Waals surface area contributed by atoms with Crippen LogP contribution >= 0.6 is 0 Å². The molecule has 0 unspecified atom stereocenters. The largest absolute Gasteiger partial charge is 0.494 e. The van der Waals surface area contributed by atoms with E-state index in [0.29, 0.717) is 23.5 Å². The molecule has 0 radical (unpaired) electrons. The average molecular weight is 408 g/mol. The van der Waals surface area contributed by atoms with Crippen molar-refractivity contribution in [3.63, 3.8) is 0 Å². The van der Waals surface area contributed by atoms with Gasteiger partial charge in [0.05, 0.1) is 24.1 Å². The van der Waals surface area contributed by atoms with Gasteiger partial charge in [0.2, 0.25) is 0 Å². The predicted octanol–water partition coefficient (Wildman–Crippen LogP) is 3.19. The van der Waals surface area contributed by atoms with Crippen molar-refractivity contribution in [3.05, 3.63) is 78.3 Å². The minimum atomic E-state index is -0.303. The second kappa shape index (κ2) is 10.3. The molecule has 1 aromatic heterocycles. The maximum absolute atomic E-state index is 12.7. The third-order valence-electron chi connectivity index (χ3n) is 4.52. The molecule has 0 aliphatic rings. The summed E-state index contributed by atoms with van der Waals surface area (Å²) >= 11 is 0. The van der Waals surface area contributed by atoms with Crippen LogP contribution in [0.1, 0.15) is 36.0 Å². The van der Waals surface area contributed by atoms with E-state index in [-0.39, 0.29) is 24.4 Å². The van der Waals surface area contributed by atoms with Crippen LogP contribution in [0.15, 0.2) is 71.3 Å². The Bertz CT molecular complexity index is 968. The molecule has 4 N–H and O–H groups in total. The number of para-hydroxylation sites is 1. The summed E-state index contributed by atoms with van der Waals surface area (Å²) in [5, 5.41) is 7.54. The molecule has 0 bridgehead atoms. The number of benzene rings is 2. The fourth-order valence-corrected chi connectivity index (χ4v) is 2.94. The van der Waals surface area contributed by atoms with E-state index in [0.717, 1.165) is 11.5 Å². The Kier molecular flexibility index (Phi) is 7.24. The van der Waals surface area contributed by atoms with E-state index in [4.69, 9.17) is 9.15 Å². The highest BCUT2D eigenvalue weighted by Gasteiger charge is 2.17. The predicted molar refractivity (Wildman–Crippen MR) is 115 cm³/mol. The Morgan fingerprint density at radius 3 is 2.50 bits per heavy atom. The Hall–Kier alpha value is -3.58. The Morgan fingerprint density at radius 1 is 1.03 bits per heavy atom. The van der Waals surface area contributed by atoms with Gasteiger partial charge in [0, 0.05) is 5.69 Å². The molecule has 2 amide bonds.